The van der Waals surface area contributed by atoms with Crippen LogP contribution in [0, 0.1) is 0 Å². The van der Waals surface area contributed by atoms with Gasteiger partial charge in [0.1, 0.15) is 16.9 Å². The van der Waals surface area contributed by atoms with Gasteiger partial charge in [0.2, 0.25) is 0 Å². The maximum absolute atomic E-state index is 6.50. The predicted octanol–water partition coefficient (Wildman–Crippen LogP) is 14.1. The highest BCUT2D eigenvalue weighted by Crippen LogP contribution is 2.50. The summed E-state index contributed by atoms with van der Waals surface area (Å²) in [5.41, 5.74) is 9.69. The Balaban J connectivity index is 1.24. The first-order chi connectivity index (χ1) is 28.0. The van der Waals surface area contributed by atoms with E-state index in [2.05, 4.69) is 170 Å². The average Bonchev–Trinajstić information content (AvgIpc) is 3.88. The fourth-order valence-corrected chi connectivity index (χ4v) is 10.1. The van der Waals surface area contributed by atoms with Crippen molar-refractivity contribution >= 4 is 86.8 Å². The second-order valence-electron chi connectivity index (χ2n) is 16.1. The fourth-order valence-electron chi connectivity index (χ4n) is 10.1. The maximum Gasteiger partial charge on any atom is 0.165 e. The van der Waals surface area contributed by atoms with Crippen molar-refractivity contribution in [3.05, 3.63) is 175 Å². The van der Waals surface area contributed by atoms with E-state index in [0.29, 0.717) is 0 Å². The molecular weight excluding hydrogens is 695 g/mol. The smallest absolute Gasteiger partial charge is 0.165 e. The molecule has 266 valence electrons. The number of hydrogen-bond donors (Lipinski definition) is 0. The van der Waals surface area contributed by atoms with Gasteiger partial charge in [0.15, 0.2) is 5.82 Å². The first-order valence-corrected chi connectivity index (χ1v) is 19.7. The first-order valence-electron chi connectivity index (χ1n) is 19.7. The van der Waals surface area contributed by atoms with Gasteiger partial charge in [-0.25, -0.2) is 9.97 Å². The van der Waals surface area contributed by atoms with Crippen LogP contribution in [0.1, 0.15) is 25.1 Å². The van der Waals surface area contributed by atoms with E-state index in [0.717, 1.165) is 67.0 Å². The lowest BCUT2D eigenvalue weighted by Crippen LogP contribution is -2.18. The summed E-state index contributed by atoms with van der Waals surface area (Å²) in [4.78, 5) is 11.5. The zero-order valence-corrected chi connectivity index (χ0v) is 31.3. The number of fused-ring (bicyclic) bond motifs is 18. The number of hydrogen-bond acceptors (Lipinski definition) is 3. The molecule has 13 rings (SSSR count). The van der Waals surface area contributed by atoms with Crippen LogP contribution in [0.3, 0.4) is 0 Å². The Hall–Kier alpha value is -7.30. The Kier molecular flexibility index (Phi) is 5.94. The number of nitrogens with zero attached hydrogens (tertiary/aromatic N) is 3. The molecule has 0 radical (unpaired) electrons. The molecule has 0 spiro atoms. The standard InChI is InChI=1S/C53H33N3O/c1-53(2)42-21-11-9-20-40(42)49-51(53)54-48(31-24-25-37-36-18-10-12-22-44(36)57-45(37)29-31)52(55-49)56-43-28-27-39-35-17-6-5-15-33(35)34-16-7-8-19-38(34)46(39)47(43)41-26-23-30-13-3-4-14-32(30)50(41)56/h3-29H,1-2H3. The predicted molar refractivity (Wildman–Crippen MR) is 237 cm³/mol. The normalized spacial score (nSPS) is 13.6. The molecular formula is C53H33N3O. The number of benzene rings is 9. The molecule has 0 saturated heterocycles. The van der Waals surface area contributed by atoms with Gasteiger partial charge in [0.05, 0.1) is 22.4 Å². The van der Waals surface area contributed by atoms with Crippen LogP contribution in [0.5, 0.6) is 0 Å². The topological polar surface area (TPSA) is 43.9 Å². The van der Waals surface area contributed by atoms with E-state index in [9.17, 15) is 0 Å². The molecule has 1 aliphatic carbocycles. The van der Waals surface area contributed by atoms with Gasteiger partial charge in [-0.3, -0.25) is 4.57 Å². The third kappa shape index (κ3) is 4.01. The zero-order chi connectivity index (χ0) is 37.6. The summed E-state index contributed by atoms with van der Waals surface area (Å²) in [5, 5.41) is 14.5. The number of furan rings is 1. The summed E-state index contributed by atoms with van der Waals surface area (Å²) in [6.07, 6.45) is 0. The van der Waals surface area contributed by atoms with Crippen LogP contribution in [0.2, 0.25) is 0 Å². The largest absolute Gasteiger partial charge is 0.456 e. The lowest BCUT2D eigenvalue weighted by molar-refractivity contribution is 0.635. The SMILES string of the molecule is CC1(C)c2ccccc2-c2nc(-n3c4ccc5c6ccccc6c6ccccc6c5c4c4ccc5ccccc5c43)c(-c3ccc4c(c3)oc3ccccc34)nc21. The monoisotopic (exact) mass is 727 g/mol. The molecule has 1 aliphatic rings. The minimum absolute atomic E-state index is 0.334. The van der Waals surface area contributed by atoms with Crippen LogP contribution in [0.25, 0.3) is 115 Å². The second-order valence-corrected chi connectivity index (χ2v) is 16.1. The van der Waals surface area contributed by atoms with Crippen molar-refractivity contribution < 1.29 is 4.42 Å². The molecule has 9 aromatic carbocycles. The minimum atomic E-state index is -0.334. The van der Waals surface area contributed by atoms with Crippen LogP contribution in [0.4, 0.5) is 0 Å². The van der Waals surface area contributed by atoms with Crippen LogP contribution in [-0.2, 0) is 5.41 Å². The van der Waals surface area contributed by atoms with E-state index in [-0.39, 0.29) is 5.41 Å². The van der Waals surface area contributed by atoms with Crippen LogP contribution in [-0.4, -0.2) is 14.5 Å². The van der Waals surface area contributed by atoms with E-state index < -0.39 is 0 Å². The summed E-state index contributed by atoms with van der Waals surface area (Å²) < 4.78 is 8.91. The van der Waals surface area contributed by atoms with Gasteiger partial charge in [0.25, 0.3) is 0 Å². The van der Waals surface area contributed by atoms with Crippen molar-refractivity contribution in [3.63, 3.8) is 0 Å². The highest BCUT2D eigenvalue weighted by molar-refractivity contribution is 6.36. The van der Waals surface area contributed by atoms with Crippen molar-refractivity contribution in [1.29, 1.82) is 0 Å². The van der Waals surface area contributed by atoms with Gasteiger partial charge >= 0.3 is 0 Å². The lowest BCUT2D eigenvalue weighted by atomic mass is 9.85. The van der Waals surface area contributed by atoms with Crippen molar-refractivity contribution in [3.8, 4) is 28.3 Å². The van der Waals surface area contributed by atoms with Gasteiger partial charge in [-0.15, -0.1) is 0 Å². The summed E-state index contributed by atoms with van der Waals surface area (Å²) in [6.45, 7) is 4.54. The third-order valence-electron chi connectivity index (χ3n) is 12.7. The lowest BCUT2D eigenvalue weighted by Gasteiger charge is -2.21. The zero-order valence-electron chi connectivity index (χ0n) is 31.3. The fraction of sp³-hybridized carbons (Fsp3) is 0.0566. The highest BCUT2D eigenvalue weighted by atomic mass is 16.3. The maximum atomic E-state index is 6.50. The van der Waals surface area contributed by atoms with Crippen LogP contribution in [0.15, 0.2) is 168 Å². The molecule has 0 bridgehead atoms. The Labute approximate surface area is 327 Å². The van der Waals surface area contributed by atoms with Gasteiger partial charge in [-0.1, -0.05) is 153 Å². The van der Waals surface area contributed by atoms with Crippen molar-refractivity contribution in [2.75, 3.05) is 0 Å². The molecule has 4 nitrogen and oxygen atoms in total. The van der Waals surface area contributed by atoms with Gasteiger partial charge in [-0.05, 0) is 62.1 Å². The molecule has 57 heavy (non-hydrogen) atoms. The molecule has 0 N–H and O–H groups in total. The van der Waals surface area contributed by atoms with Crippen LogP contribution < -0.4 is 0 Å². The average molecular weight is 728 g/mol. The molecule has 0 aliphatic heterocycles. The Morgan fingerprint density at radius 1 is 0.474 bits per heavy atom. The van der Waals surface area contributed by atoms with Gasteiger partial charge in [0, 0.05) is 48.9 Å². The summed E-state index contributed by atoms with van der Waals surface area (Å²) in [6, 6.07) is 59.1. The Morgan fingerprint density at radius 2 is 1.09 bits per heavy atom. The summed E-state index contributed by atoms with van der Waals surface area (Å²) in [7, 11) is 0. The molecule has 3 aromatic heterocycles. The van der Waals surface area contributed by atoms with Crippen molar-refractivity contribution in [1.82, 2.24) is 14.5 Å². The van der Waals surface area contributed by atoms with E-state index in [1.54, 1.807) is 0 Å². The minimum Gasteiger partial charge on any atom is -0.456 e. The van der Waals surface area contributed by atoms with E-state index in [1.807, 2.05) is 12.1 Å². The van der Waals surface area contributed by atoms with E-state index >= 15 is 0 Å². The molecule has 3 heterocycles. The number of rotatable bonds is 2. The Bertz CT molecular complexity index is 3700. The summed E-state index contributed by atoms with van der Waals surface area (Å²) >= 11 is 0. The highest BCUT2D eigenvalue weighted by Gasteiger charge is 2.39. The number of aromatic nitrogens is 3. The molecule has 0 unspecified atom stereocenters. The van der Waals surface area contributed by atoms with E-state index in [1.165, 1.54) is 59.4 Å². The van der Waals surface area contributed by atoms with Gasteiger partial charge < -0.3 is 4.42 Å². The van der Waals surface area contributed by atoms with E-state index in [4.69, 9.17) is 14.4 Å². The van der Waals surface area contributed by atoms with Crippen molar-refractivity contribution in [2.24, 2.45) is 0 Å². The molecule has 0 amide bonds. The third-order valence-corrected chi connectivity index (χ3v) is 12.7. The van der Waals surface area contributed by atoms with Gasteiger partial charge in [-0.2, -0.15) is 0 Å². The first kappa shape index (κ1) is 31.0. The number of para-hydroxylation sites is 1. The molecule has 0 atom stereocenters. The Morgan fingerprint density at radius 3 is 1.91 bits per heavy atom. The molecule has 0 saturated carbocycles. The van der Waals surface area contributed by atoms with Crippen molar-refractivity contribution in [2.45, 2.75) is 19.3 Å². The molecule has 0 fully saturated rings. The molecule has 4 heteroatoms. The van der Waals surface area contributed by atoms with Crippen LogP contribution >= 0.6 is 0 Å². The second kappa shape index (κ2) is 10.9. The quantitative estimate of drug-likeness (QED) is 0.167. The summed E-state index contributed by atoms with van der Waals surface area (Å²) in [5.74, 6) is 0.803. The molecule has 12 aromatic rings.